The summed E-state index contributed by atoms with van der Waals surface area (Å²) in [4.78, 5) is -0.249. The number of alkyl halides is 3. The van der Waals surface area contributed by atoms with Crippen LogP contribution in [0.5, 0.6) is 5.75 Å². The number of hydrogen-bond acceptors (Lipinski definition) is 4. The molecule has 0 atom stereocenters. The maximum absolute atomic E-state index is 13.0. The van der Waals surface area contributed by atoms with E-state index in [-0.39, 0.29) is 36.7 Å². The van der Waals surface area contributed by atoms with Crippen LogP contribution in [0.15, 0.2) is 23.1 Å². The van der Waals surface area contributed by atoms with E-state index in [1.807, 2.05) is 0 Å². The average molecular weight is 367 g/mol. The Bertz CT molecular complexity index is 670. The molecule has 1 aromatic carbocycles. The fourth-order valence-corrected chi connectivity index (χ4v) is 4.58. The summed E-state index contributed by atoms with van der Waals surface area (Å²) in [7, 11) is -3.08. The zero-order valence-electron chi connectivity index (χ0n) is 13.5. The number of rotatable bonds is 5. The average Bonchev–Trinajstić information content (AvgIpc) is 2.52. The van der Waals surface area contributed by atoms with Crippen LogP contribution in [0.25, 0.3) is 0 Å². The minimum absolute atomic E-state index is 0.0276. The van der Waals surface area contributed by atoms with Gasteiger partial charge in [0.05, 0.1) is 7.11 Å². The third kappa shape index (κ3) is 4.40. The highest BCUT2D eigenvalue weighted by molar-refractivity contribution is 7.89. The molecule has 0 N–H and O–H groups in total. The fourth-order valence-electron chi connectivity index (χ4n) is 2.67. The van der Waals surface area contributed by atoms with Gasteiger partial charge in [0.2, 0.25) is 10.0 Å². The second kappa shape index (κ2) is 7.28. The predicted molar refractivity (Wildman–Crippen MR) is 81.5 cm³/mol. The maximum atomic E-state index is 13.0. The SMILES string of the molecule is COc1ccc(C)cc1S(=O)(=O)N(CC(F)(F)F)C1CCOCC1. The number of methoxy groups -OCH3 is 1. The van der Waals surface area contributed by atoms with E-state index in [1.165, 1.54) is 19.2 Å². The normalized spacial score (nSPS) is 17.2. The molecular formula is C15H20F3NO4S. The summed E-state index contributed by atoms with van der Waals surface area (Å²) in [6.07, 6.45) is -4.19. The number of aryl methyl sites for hydroxylation is 1. The third-order valence-corrected chi connectivity index (χ3v) is 5.76. The van der Waals surface area contributed by atoms with Gasteiger partial charge in [-0.25, -0.2) is 8.42 Å². The lowest BCUT2D eigenvalue weighted by Crippen LogP contribution is -2.47. The Balaban J connectivity index is 2.48. The lowest BCUT2D eigenvalue weighted by Gasteiger charge is -2.34. The Morgan fingerprint density at radius 3 is 2.46 bits per heavy atom. The Hall–Kier alpha value is -1.32. The van der Waals surface area contributed by atoms with Crippen LogP contribution in [-0.4, -0.2) is 51.8 Å². The Morgan fingerprint density at radius 1 is 1.29 bits per heavy atom. The summed E-state index contributed by atoms with van der Waals surface area (Å²) in [5.41, 5.74) is 0.619. The van der Waals surface area contributed by atoms with E-state index in [0.29, 0.717) is 9.87 Å². The monoisotopic (exact) mass is 367 g/mol. The van der Waals surface area contributed by atoms with E-state index in [2.05, 4.69) is 0 Å². The zero-order valence-corrected chi connectivity index (χ0v) is 14.3. The van der Waals surface area contributed by atoms with E-state index >= 15 is 0 Å². The first-order valence-corrected chi connectivity index (χ1v) is 8.90. The van der Waals surface area contributed by atoms with E-state index in [1.54, 1.807) is 13.0 Å². The molecule has 1 fully saturated rings. The molecule has 0 aromatic heterocycles. The highest BCUT2D eigenvalue weighted by atomic mass is 32.2. The van der Waals surface area contributed by atoms with E-state index < -0.39 is 28.8 Å². The van der Waals surface area contributed by atoms with Gasteiger partial charge in [0.25, 0.3) is 0 Å². The molecule has 0 saturated carbocycles. The molecule has 0 amide bonds. The third-order valence-electron chi connectivity index (χ3n) is 3.84. The molecule has 1 heterocycles. The second-order valence-corrected chi connectivity index (χ2v) is 7.52. The number of ether oxygens (including phenoxy) is 2. The number of nitrogens with zero attached hydrogens (tertiary/aromatic N) is 1. The summed E-state index contributed by atoms with van der Waals surface area (Å²) < 4.78 is 75.6. The molecular weight excluding hydrogens is 347 g/mol. The van der Waals surface area contributed by atoms with Crippen LogP contribution >= 0.6 is 0 Å². The standard InChI is InChI=1S/C15H20F3NO4S/c1-11-3-4-13(22-2)14(9-11)24(20,21)19(10-15(16,17)18)12-5-7-23-8-6-12/h3-4,9,12H,5-8,10H2,1-2H3. The molecule has 2 rings (SSSR count). The minimum atomic E-state index is -4.64. The molecule has 0 aliphatic carbocycles. The molecule has 1 aliphatic rings. The van der Waals surface area contributed by atoms with Gasteiger partial charge in [-0.05, 0) is 37.5 Å². The Kier molecular flexibility index (Phi) is 5.77. The smallest absolute Gasteiger partial charge is 0.402 e. The van der Waals surface area contributed by atoms with Crippen LogP contribution in [0.2, 0.25) is 0 Å². The van der Waals surface area contributed by atoms with Crippen molar-refractivity contribution in [3.8, 4) is 5.75 Å². The Labute approximate surface area is 139 Å². The molecule has 0 spiro atoms. The van der Waals surface area contributed by atoms with Gasteiger partial charge in [0.1, 0.15) is 17.2 Å². The zero-order chi connectivity index (χ0) is 18.0. The van der Waals surface area contributed by atoms with Crippen LogP contribution in [0, 0.1) is 6.92 Å². The van der Waals surface area contributed by atoms with E-state index in [9.17, 15) is 21.6 Å². The number of sulfonamides is 1. The minimum Gasteiger partial charge on any atom is -0.495 e. The molecule has 0 unspecified atom stereocenters. The van der Waals surface area contributed by atoms with Crippen molar-refractivity contribution in [2.45, 2.75) is 36.9 Å². The maximum Gasteiger partial charge on any atom is 0.402 e. The molecule has 9 heteroatoms. The van der Waals surface area contributed by atoms with Gasteiger partial charge in [-0.2, -0.15) is 17.5 Å². The summed E-state index contributed by atoms with van der Waals surface area (Å²) in [6.45, 7) is 0.608. The summed E-state index contributed by atoms with van der Waals surface area (Å²) in [5, 5.41) is 0. The number of halogens is 3. The van der Waals surface area contributed by atoms with Gasteiger partial charge in [-0.3, -0.25) is 0 Å². The van der Waals surface area contributed by atoms with Crippen LogP contribution in [0.3, 0.4) is 0 Å². The van der Waals surface area contributed by atoms with Crippen molar-refractivity contribution in [3.05, 3.63) is 23.8 Å². The van der Waals surface area contributed by atoms with Crippen LogP contribution < -0.4 is 4.74 Å². The quantitative estimate of drug-likeness (QED) is 0.803. The topological polar surface area (TPSA) is 55.8 Å². The molecule has 1 saturated heterocycles. The summed E-state index contributed by atoms with van der Waals surface area (Å²) in [6, 6.07) is 3.66. The molecule has 24 heavy (non-hydrogen) atoms. The summed E-state index contributed by atoms with van der Waals surface area (Å²) in [5.74, 6) is 0.0276. The largest absolute Gasteiger partial charge is 0.495 e. The van der Waals surface area contributed by atoms with Gasteiger partial charge in [0.15, 0.2) is 0 Å². The molecule has 136 valence electrons. The predicted octanol–water partition coefficient (Wildman–Crippen LogP) is 2.74. The fraction of sp³-hybridized carbons (Fsp3) is 0.600. The van der Waals surface area contributed by atoms with Gasteiger partial charge in [-0.1, -0.05) is 6.07 Å². The molecule has 1 aliphatic heterocycles. The molecule has 0 radical (unpaired) electrons. The molecule has 0 bridgehead atoms. The van der Waals surface area contributed by atoms with Crippen LogP contribution in [0.1, 0.15) is 18.4 Å². The summed E-state index contributed by atoms with van der Waals surface area (Å²) >= 11 is 0. The molecule has 5 nitrogen and oxygen atoms in total. The van der Waals surface area contributed by atoms with Crippen LogP contribution in [-0.2, 0) is 14.8 Å². The Morgan fingerprint density at radius 2 is 1.92 bits per heavy atom. The van der Waals surface area contributed by atoms with Gasteiger partial charge in [0, 0.05) is 19.3 Å². The lowest BCUT2D eigenvalue weighted by atomic mass is 10.1. The van der Waals surface area contributed by atoms with Crippen molar-refractivity contribution in [2.24, 2.45) is 0 Å². The van der Waals surface area contributed by atoms with Gasteiger partial charge < -0.3 is 9.47 Å². The van der Waals surface area contributed by atoms with Crippen molar-refractivity contribution in [3.63, 3.8) is 0 Å². The van der Waals surface area contributed by atoms with Crippen molar-refractivity contribution < 1.29 is 31.1 Å². The molecule has 1 aromatic rings. The van der Waals surface area contributed by atoms with E-state index in [4.69, 9.17) is 9.47 Å². The lowest BCUT2D eigenvalue weighted by molar-refractivity contribution is -0.141. The van der Waals surface area contributed by atoms with Gasteiger partial charge >= 0.3 is 6.18 Å². The van der Waals surface area contributed by atoms with Crippen molar-refractivity contribution in [1.29, 1.82) is 0 Å². The van der Waals surface area contributed by atoms with Crippen molar-refractivity contribution in [1.82, 2.24) is 4.31 Å². The highest BCUT2D eigenvalue weighted by Crippen LogP contribution is 2.33. The van der Waals surface area contributed by atoms with Gasteiger partial charge in [-0.15, -0.1) is 0 Å². The van der Waals surface area contributed by atoms with Crippen molar-refractivity contribution in [2.75, 3.05) is 26.9 Å². The van der Waals surface area contributed by atoms with Crippen LogP contribution in [0.4, 0.5) is 13.2 Å². The first-order valence-electron chi connectivity index (χ1n) is 7.46. The highest BCUT2D eigenvalue weighted by Gasteiger charge is 2.42. The second-order valence-electron chi connectivity index (χ2n) is 5.66. The number of hydrogen-bond donors (Lipinski definition) is 0. The first-order chi connectivity index (χ1) is 11.1. The first kappa shape index (κ1) is 19.0. The number of benzene rings is 1. The van der Waals surface area contributed by atoms with E-state index in [0.717, 1.165) is 0 Å². The van der Waals surface area contributed by atoms with Crippen molar-refractivity contribution >= 4 is 10.0 Å².